The molecule has 0 unspecified atom stereocenters. The molecule has 0 aliphatic carbocycles. The SMILES string of the molecule is CN1CCN(c2ccc(N)c(C3=CCOCC3)c2)CC1. The van der Waals surface area contributed by atoms with Gasteiger partial charge in [0, 0.05) is 43.1 Å². The minimum atomic E-state index is 0.702. The Labute approximate surface area is 120 Å². The van der Waals surface area contributed by atoms with Gasteiger partial charge >= 0.3 is 0 Å². The largest absolute Gasteiger partial charge is 0.398 e. The monoisotopic (exact) mass is 273 g/mol. The van der Waals surface area contributed by atoms with Gasteiger partial charge in [0.2, 0.25) is 0 Å². The van der Waals surface area contributed by atoms with Crippen LogP contribution in [0.25, 0.3) is 5.57 Å². The lowest BCUT2D eigenvalue weighted by molar-refractivity contribution is 0.161. The first-order chi connectivity index (χ1) is 9.74. The van der Waals surface area contributed by atoms with Crippen molar-refractivity contribution in [1.29, 1.82) is 0 Å². The summed E-state index contributed by atoms with van der Waals surface area (Å²) in [6, 6.07) is 6.43. The molecule has 0 amide bonds. The molecule has 2 aliphatic heterocycles. The number of hydrogen-bond acceptors (Lipinski definition) is 4. The topological polar surface area (TPSA) is 41.7 Å². The highest BCUT2D eigenvalue weighted by atomic mass is 16.5. The van der Waals surface area contributed by atoms with E-state index in [4.69, 9.17) is 10.5 Å². The van der Waals surface area contributed by atoms with Crippen molar-refractivity contribution in [3.8, 4) is 0 Å². The molecule has 1 aromatic rings. The van der Waals surface area contributed by atoms with Gasteiger partial charge in [0.1, 0.15) is 0 Å². The van der Waals surface area contributed by atoms with Crippen LogP contribution in [0.1, 0.15) is 12.0 Å². The first-order valence-corrected chi connectivity index (χ1v) is 7.34. The molecule has 108 valence electrons. The summed E-state index contributed by atoms with van der Waals surface area (Å²) in [7, 11) is 2.18. The molecule has 4 heteroatoms. The molecule has 0 saturated carbocycles. The number of ether oxygens (including phenoxy) is 1. The first-order valence-electron chi connectivity index (χ1n) is 7.34. The molecular weight excluding hydrogens is 250 g/mol. The van der Waals surface area contributed by atoms with Crippen molar-refractivity contribution in [3.63, 3.8) is 0 Å². The Morgan fingerprint density at radius 3 is 2.65 bits per heavy atom. The second-order valence-corrected chi connectivity index (χ2v) is 5.62. The standard InChI is InChI=1S/C16H23N3O/c1-18-6-8-19(9-7-18)14-2-3-16(17)15(12-14)13-4-10-20-11-5-13/h2-4,12H,5-11,17H2,1H3. The Hall–Kier alpha value is -1.52. The van der Waals surface area contributed by atoms with Crippen molar-refractivity contribution >= 4 is 16.9 Å². The lowest BCUT2D eigenvalue weighted by Crippen LogP contribution is -2.44. The number of nitrogens with two attached hydrogens (primary N) is 1. The minimum Gasteiger partial charge on any atom is -0.398 e. The molecule has 0 spiro atoms. The van der Waals surface area contributed by atoms with E-state index >= 15 is 0 Å². The Kier molecular flexibility index (Phi) is 3.94. The van der Waals surface area contributed by atoms with Crippen molar-refractivity contribution in [3.05, 3.63) is 29.8 Å². The molecule has 1 fully saturated rings. The Morgan fingerprint density at radius 1 is 1.15 bits per heavy atom. The van der Waals surface area contributed by atoms with Gasteiger partial charge in [-0.3, -0.25) is 0 Å². The lowest BCUT2D eigenvalue weighted by Gasteiger charge is -2.34. The Bertz CT molecular complexity index is 504. The molecule has 20 heavy (non-hydrogen) atoms. The summed E-state index contributed by atoms with van der Waals surface area (Å²) in [6.07, 6.45) is 3.11. The summed E-state index contributed by atoms with van der Waals surface area (Å²) in [4.78, 5) is 4.82. The van der Waals surface area contributed by atoms with Gasteiger partial charge in [0.05, 0.1) is 13.2 Å². The number of anilines is 2. The number of benzene rings is 1. The summed E-state index contributed by atoms with van der Waals surface area (Å²) in [6.45, 7) is 5.91. The zero-order valence-electron chi connectivity index (χ0n) is 12.1. The van der Waals surface area contributed by atoms with Crippen LogP contribution in [0.4, 0.5) is 11.4 Å². The predicted octanol–water partition coefficient (Wildman–Crippen LogP) is 1.82. The van der Waals surface area contributed by atoms with E-state index in [9.17, 15) is 0 Å². The van der Waals surface area contributed by atoms with Gasteiger partial charge in [0.25, 0.3) is 0 Å². The van der Waals surface area contributed by atoms with Crippen LogP contribution in [0.3, 0.4) is 0 Å². The highest BCUT2D eigenvalue weighted by molar-refractivity contribution is 5.78. The number of hydrogen-bond donors (Lipinski definition) is 1. The molecule has 0 radical (unpaired) electrons. The summed E-state index contributed by atoms with van der Waals surface area (Å²) < 4.78 is 5.39. The molecule has 2 heterocycles. The number of rotatable bonds is 2. The maximum Gasteiger partial charge on any atom is 0.0653 e. The fraction of sp³-hybridized carbons (Fsp3) is 0.500. The quantitative estimate of drug-likeness (QED) is 0.835. The third-order valence-electron chi connectivity index (χ3n) is 4.21. The zero-order valence-corrected chi connectivity index (χ0v) is 12.1. The average molecular weight is 273 g/mol. The highest BCUT2D eigenvalue weighted by Gasteiger charge is 2.16. The van der Waals surface area contributed by atoms with Gasteiger partial charge in [-0.2, -0.15) is 0 Å². The molecule has 0 bridgehead atoms. The van der Waals surface area contributed by atoms with Crippen molar-refractivity contribution in [1.82, 2.24) is 4.90 Å². The van der Waals surface area contributed by atoms with Crippen molar-refractivity contribution in [2.24, 2.45) is 0 Å². The summed E-state index contributed by atoms with van der Waals surface area (Å²) >= 11 is 0. The fourth-order valence-electron chi connectivity index (χ4n) is 2.86. The van der Waals surface area contributed by atoms with Gasteiger partial charge < -0.3 is 20.3 Å². The van der Waals surface area contributed by atoms with E-state index in [0.29, 0.717) is 6.61 Å². The van der Waals surface area contributed by atoms with Gasteiger partial charge in [0.15, 0.2) is 0 Å². The van der Waals surface area contributed by atoms with Gasteiger partial charge in [-0.25, -0.2) is 0 Å². The second kappa shape index (κ2) is 5.85. The molecule has 2 N–H and O–H groups in total. The highest BCUT2D eigenvalue weighted by Crippen LogP contribution is 2.30. The van der Waals surface area contributed by atoms with Crippen molar-refractivity contribution < 1.29 is 4.74 Å². The first kappa shape index (κ1) is 13.5. The van der Waals surface area contributed by atoms with Crippen LogP contribution in [0.2, 0.25) is 0 Å². The van der Waals surface area contributed by atoms with Crippen molar-refractivity contribution in [2.75, 3.05) is 57.1 Å². The number of likely N-dealkylation sites (N-methyl/N-ethyl adjacent to an activating group) is 1. The van der Waals surface area contributed by atoms with E-state index in [0.717, 1.165) is 44.9 Å². The maximum atomic E-state index is 6.16. The normalized spacial score (nSPS) is 20.9. The number of nitrogens with zero attached hydrogens (tertiary/aromatic N) is 2. The molecule has 2 aliphatic rings. The van der Waals surface area contributed by atoms with Crippen LogP contribution >= 0.6 is 0 Å². The molecular formula is C16H23N3O. The van der Waals surface area contributed by atoms with Gasteiger partial charge in [-0.1, -0.05) is 6.08 Å². The number of nitrogen functional groups attached to an aromatic ring is 1. The van der Waals surface area contributed by atoms with E-state index < -0.39 is 0 Å². The summed E-state index contributed by atoms with van der Waals surface area (Å²) in [5.41, 5.74) is 10.8. The predicted molar refractivity (Wildman–Crippen MR) is 84.0 cm³/mol. The van der Waals surface area contributed by atoms with E-state index in [-0.39, 0.29) is 0 Å². The van der Waals surface area contributed by atoms with Crippen LogP contribution in [-0.4, -0.2) is 51.3 Å². The zero-order chi connectivity index (χ0) is 13.9. The van der Waals surface area contributed by atoms with Crippen LogP contribution in [0, 0.1) is 0 Å². The Morgan fingerprint density at radius 2 is 1.95 bits per heavy atom. The second-order valence-electron chi connectivity index (χ2n) is 5.62. The van der Waals surface area contributed by atoms with Crippen molar-refractivity contribution in [2.45, 2.75) is 6.42 Å². The van der Waals surface area contributed by atoms with Gasteiger partial charge in [-0.15, -0.1) is 0 Å². The molecule has 4 nitrogen and oxygen atoms in total. The van der Waals surface area contributed by atoms with Crippen LogP contribution in [-0.2, 0) is 4.74 Å². The van der Waals surface area contributed by atoms with E-state index in [2.05, 4.69) is 35.1 Å². The summed E-state index contributed by atoms with van der Waals surface area (Å²) in [5.74, 6) is 0. The molecule has 0 aromatic heterocycles. The molecule has 3 rings (SSSR count). The van der Waals surface area contributed by atoms with Gasteiger partial charge in [-0.05, 0) is 37.2 Å². The van der Waals surface area contributed by atoms with E-state index in [1.807, 2.05) is 6.07 Å². The smallest absolute Gasteiger partial charge is 0.0653 e. The van der Waals surface area contributed by atoms with Crippen LogP contribution in [0.5, 0.6) is 0 Å². The molecule has 1 saturated heterocycles. The lowest BCUT2D eigenvalue weighted by atomic mass is 9.99. The third kappa shape index (κ3) is 2.81. The number of piperazine rings is 1. The summed E-state index contributed by atoms with van der Waals surface area (Å²) in [5, 5.41) is 0. The van der Waals surface area contributed by atoms with Crippen LogP contribution < -0.4 is 10.6 Å². The third-order valence-corrected chi connectivity index (χ3v) is 4.21. The van der Waals surface area contributed by atoms with Crippen LogP contribution in [0.15, 0.2) is 24.3 Å². The molecule has 1 aromatic carbocycles. The molecule has 0 atom stereocenters. The average Bonchev–Trinajstić information content (AvgIpc) is 2.50. The maximum absolute atomic E-state index is 6.16. The minimum absolute atomic E-state index is 0.702. The van der Waals surface area contributed by atoms with E-state index in [1.54, 1.807) is 0 Å². The van der Waals surface area contributed by atoms with E-state index in [1.165, 1.54) is 16.8 Å². The fourth-order valence-corrected chi connectivity index (χ4v) is 2.86. The Balaban J connectivity index is 1.84.